The third-order valence-electron chi connectivity index (χ3n) is 3.99. The van der Waals surface area contributed by atoms with Crippen LogP contribution < -0.4 is 0 Å². The Morgan fingerprint density at radius 3 is 2.50 bits per heavy atom. The molecule has 1 nitrogen and oxygen atoms in total. The minimum atomic E-state index is 0.681. The Labute approximate surface area is 115 Å². The molecule has 0 rings (SSSR count). The van der Waals surface area contributed by atoms with E-state index in [2.05, 4.69) is 52.3 Å². The van der Waals surface area contributed by atoms with Gasteiger partial charge in [-0.2, -0.15) is 0 Å². The third kappa shape index (κ3) is 7.58. The number of hydrogen-bond acceptors (Lipinski definition) is 1. The van der Waals surface area contributed by atoms with Crippen molar-refractivity contribution in [2.24, 2.45) is 5.92 Å². The highest BCUT2D eigenvalue weighted by Gasteiger charge is 2.07. The largest absolute Gasteiger partial charge is 0.378 e. The zero-order valence-corrected chi connectivity index (χ0v) is 13.3. The van der Waals surface area contributed by atoms with Gasteiger partial charge in [-0.15, -0.1) is 0 Å². The van der Waals surface area contributed by atoms with Crippen LogP contribution in [0.1, 0.15) is 66.2 Å². The lowest BCUT2D eigenvalue weighted by atomic mass is 9.96. The van der Waals surface area contributed by atoms with Gasteiger partial charge >= 0.3 is 0 Å². The number of hydrogen-bond donors (Lipinski definition) is 0. The highest BCUT2D eigenvalue weighted by atomic mass is 15.1. The van der Waals surface area contributed by atoms with Crippen molar-refractivity contribution in [3.05, 3.63) is 23.9 Å². The van der Waals surface area contributed by atoms with Gasteiger partial charge in [0.05, 0.1) is 0 Å². The first-order valence-electron chi connectivity index (χ1n) is 7.54. The molecule has 0 aliphatic rings. The van der Waals surface area contributed by atoms with Crippen LogP contribution in [0.3, 0.4) is 0 Å². The van der Waals surface area contributed by atoms with Crippen LogP contribution >= 0.6 is 0 Å². The van der Waals surface area contributed by atoms with E-state index in [1.54, 1.807) is 0 Å². The van der Waals surface area contributed by atoms with Crippen molar-refractivity contribution >= 4 is 0 Å². The zero-order chi connectivity index (χ0) is 14.0. The number of nitrogens with zero attached hydrogens (tertiary/aromatic N) is 1. The van der Waals surface area contributed by atoms with Gasteiger partial charge in [0.1, 0.15) is 0 Å². The smallest absolute Gasteiger partial charge is 0.0171 e. The molecule has 0 aromatic heterocycles. The molecule has 0 aromatic carbocycles. The molecular weight excluding hydrogens is 218 g/mol. The summed E-state index contributed by atoms with van der Waals surface area (Å²) in [5.41, 5.74) is 2.79. The molecule has 0 saturated heterocycles. The second-order valence-electron chi connectivity index (χ2n) is 5.52. The summed E-state index contributed by atoms with van der Waals surface area (Å²) in [6.45, 7) is 14.3. The maximum absolute atomic E-state index is 4.22. The van der Waals surface area contributed by atoms with Gasteiger partial charge in [-0.1, -0.05) is 51.3 Å². The lowest BCUT2D eigenvalue weighted by Crippen LogP contribution is -2.19. The Bertz CT molecular complexity index is 252. The first-order chi connectivity index (χ1) is 8.52. The normalized spacial score (nSPS) is 13.5. The van der Waals surface area contributed by atoms with E-state index in [0.717, 1.165) is 13.0 Å². The van der Waals surface area contributed by atoms with Crippen molar-refractivity contribution in [3.63, 3.8) is 0 Å². The van der Waals surface area contributed by atoms with Crippen LogP contribution in [0.25, 0.3) is 0 Å². The van der Waals surface area contributed by atoms with Gasteiger partial charge in [-0.25, -0.2) is 0 Å². The Morgan fingerprint density at radius 1 is 1.28 bits per heavy atom. The highest BCUT2D eigenvalue weighted by Crippen LogP contribution is 2.19. The van der Waals surface area contributed by atoms with E-state index in [9.17, 15) is 0 Å². The molecule has 0 aliphatic carbocycles. The lowest BCUT2D eigenvalue weighted by molar-refractivity contribution is 0.378. The van der Waals surface area contributed by atoms with Gasteiger partial charge in [-0.3, -0.25) is 0 Å². The van der Waals surface area contributed by atoms with Gasteiger partial charge in [0.2, 0.25) is 0 Å². The van der Waals surface area contributed by atoms with E-state index in [4.69, 9.17) is 0 Å². The fraction of sp³-hybridized carbons (Fsp3) is 0.765. The van der Waals surface area contributed by atoms with Crippen molar-refractivity contribution < 1.29 is 0 Å². The Balaban J connectivity index is 3.80. The molecule has 18 heavy (non-hydrogen) atoms. The monoisotopic (exact) mass is 251 g/mol. The van der Waals surface area contributed by atoms with Crippen LogP contribution in [0.15, 0.2) is 23.9 Å². The van der Waals surface area contributed by atoms with Crippen molar-refractivity contribution in [2.45, 2.75) is 66.2 Å². The van der Waals surface area contributed by atoms with Crippen molar-refractivity contribution in [1.82, 2.24) is 4.90 Å². The van der Waals surface area contributed by atoms with Gasteiger partial charge in [0.25, 0.3) is 0 Å². The van der Waals surface area contributed by atoms with E-state index in [-0.39, 0.29) is 0 Å². The summed E-state index contributed by atoms with van der Waals surface area (Å²) in [5, 5.41) is 0. The van der Waals surface area contributed by atoms with Crippen LogP contribution in [-0.4, -0.2) is 18.5 Å². The molecule has 1 heteroatoms. The standard InChI is InChI=1S/C17H33N/c1-7-9-10-11-14-18(6)17(5)13-12-16(4)15(3)8-2/h8,16H,5,7,9-14H2,1-4,6H3. The van der Waals surface area contributed by atoms with Gasteiger partial charge in [-0.05, 0) is 39.0 Å². The van der Waals surface area contributed by atoms with Crippen LogP contribution in [0.5, 0.6) is 0 Å². The molecule has 0 aliphatic heterocycles. The molecule has 0 saturated carbocycles. The SMILES string of the molecule is C=C(CCC(C)C(C)=CC)N(C)CCCCCC. The molecule has 1 atom stereocenters. The summed E-state index contributed by atoms with van der Waals surface area (Å²) in [7, 11) is 2.18. The molecule has 106 valence electrons. The average molecular weight is 251 g/mol. The summed E-state index contributed by atoms with van der Waals surface area (Å²) in [6, 6.07) is 0. The predicted molar refractivity (Wildman–Crippen MR) is 83.7 cm³/mol. The molecule has 0 aromatic rings. The maximum Gasteiger partial charge on any atom is 0.0171 e. The Kier molecular flexibility index (Phi) is 9.82. The van der Waals surface area contributed by atoms with Crippen LogP contribution in [0, 0.1) is 5.92 Å². The molecule has 0 radical (unpaired) electrons. The highest BCUT2D eigenvalue weighted by molar-refractivity contribution is 5.02. The van der Waals surface area contributed by atoms with Gasteiger partial charge in [0, 0.05) is 19.3 Å². The maximum atomic E-state index is 4.22. The van der Waals surface area contributed by atoms with E-state index in [1.165, 1.54) is 43.4 Å². The van der Waals surface area contributed by atoms with E-state index in [1.807, 2.05) is 0 Å². The summed E-state index contributed by atoms with van der Waals surface area (Å²) >= 11 is 0. The van der Waals surface area contributed by atoms with Crippen LogP contribution in [-0.2, 0) is 0 Å². The summed E-state index contributed by atoms with van der Waals surface area (Å²) in [5.74, 6) is 0.681. The van der Waals surface area contributed by atoms with Crippen molar-refractivity contribution in [1.29, 1.82) is 0 Å². The van der Waals surface area contributed by atoms with Gasteiger partial charge in [0.15, 0.2) is 0 Å². The van der Waals surface area contributed by atoms with Crippen LogP contribution in [0.4, 0.5) is 0 Å². The molecule has 0 bridgehead atoms. The lowest BCUT2D eigenvalue weighted by Gasteiger charge is -2.23. The molecular formula is C17H33N. The topological polar surface area (TPSA) is 3.24 Å². The summed E-state index contributed by atoms with van der Waals surface area (Å²) < 4.78 is 0. The molecule has 0 N–H and O–H groups in total. The van der Waals surface area contributed by atoms with Crippen molar-refractivity contribution in [2.75, 3.05) is 13.6 Å². The second-order valence-corrected chi connectivity index (χ2v) is 5.52. The van der Waals surface area contributed by atoms with Crippen LogP contribution in [0.2, 0.25) is 0 Å². The molecule has 1 unspecified atom stereocenters. The summed E-state index contributed by atoms with van der Waals surface area (Å²) in [4.78, 5) is 2.34. The molecule has 0 fully saturated rings. The minimum Gasteiger partial charge on any atom is -0.378 e. The molecule has 0 spiro atoms. The second kappa shape index (κ2) is 10.2. The first-order valence-corrected chi connectivity index (χ1v) is 7.54. The minimum absolute atomic E-state index is 0.681. The first kappa shape index (κ1) is 17.3. The molecule has 0 amide bonds. The third-order valence-corrected chi connectivity index (χ3v) is 3.99. The fourth-order valence-corrected chi connectivity index (χ4v) is 2.02. The average Bonchev–Trinajstić information content (AvgIpc) is 2.39. The number of unbranched alkanes of at least 4 members (excludes halogenated alkanes) is 3. The Morgan fingerprint density at radius 2 is 1.94 bits per heavy atom. The van der Waals surface area contributed by atoms with E-state index < -0.39 is 0 Å². The van der Waals surface area contributed by atoms with Crippen molar-refractivity contribution in [3.8, 4) is 0 Å². The summed E-state index contributed by atoms with van der Waals surface area (Å²) in [6.07, 6.45) is 9.88. The van der Waals surface area contributed by atoms with Gasteiger partial charge < -0.3 is 4.90 Å². The number of allylic oxidation sites excluding steroid dienone is 3. The quantitative estimate of drug-likeness (QED) is 0.371. The fourth-order valence-electron chi connectivity index (χ4n) is 2.02. The predicted octanol–water partition coefficient (Wildman–Crippen LogP) is 5.39. The molecule has 0 heterocycles. The van der Waals surface area contributed by atoms with E-state index in [0.29, 0.717) is 5.92 Å². The zero-order valence-electron chi connectivity index (χ0n) is 13.3. The Hall–Kier alpha value is -0.720. The number of rotatable bonds is 10. The van der Waals surface area contributed by atoms with E-state index >= 15 is 0 Å².